The van der Waals surface area contributed by atoms with Gasteiger partial charge in [-0.25, -0.2) is 0 Å². The van der Waals surface area contributed by atoms with Crippen molar-refractivity contribution in [1.82, 2.24) is 0 Å². The van der Waals surface area contributed by atoms with Gasteiger partial charge in [0.15, 0.2) is 0 Å². The van der Waals surface area contributed by atoms with Crippen LogP contribution in [0.1, 0.15) is 43.7 Å². The molecule has 2 nitrogen and oxygen atoms in total. The fourth-order valence-corrected chi connectivity index (χ4v) is 3.14. The minimum atomic E-state index is -0.908. The molecular formula is C23H28O2. The molecule has 0 unspecified atom stereocenters. The number of carboxylic acids is 1. The van der Waals surface area contributed by atoms with Crippen LogP contribution in [0.4, 0.5) is 0 Å². The van der Waals surface area contributed by atoms with Crippen LogP contribution in [0, 0.1) is 5.41 Å². The first-order chi connectivity index (χ1) is 12.2. The zero-order valence-electron chi connectivity index (χ0n) is 15.0. The lowest BCUT2D eigenvalue weighted by Crippen LogP contribution is -2.34. The highest BCUT2D eigenvalue weighted by atomic mass is 16.4. The quantitative estimate of drug-likeness (QED) is 0.448. The van der Waals surface area contributed by atoms with Crippen LogP contribution in [-0.4, -0.2) is 11.1 Å². The van der Waals surface area contributed by atoms with E-state index < -0.39 is 11.4 Å². The van der Waals surface area contributed by atoms with E-state index in [1.54, 1.807) is 0 Å². The molecule has 2 heteroatoms. The summed E-state index contributed by atoms with van der Waals surface area (Å²) in [4.78, 5) is 12.3. The summed E-state index contributed by atoms with van der Waals surface area (Å²) in [7, 11) is 0. The summed E-state index contributed by atoms with van der Waals surface area (Å²) < 4.78 is 0. The van der Waals surface area contributed by atoms with Gasteiger partial charge in [0.2, 0.25) is 0 Å². The zero-order valence-corrected chi connectivity index (χ0v) is 15.0. The summed E-state index contributed by atoms with van der Waals surface area (Å²) in [5, 5.41) is 10.1. The minimum absolute atomic E-state index is 0.502. The lowest BCUT2D eigenvalue weighted by molar-refractivity contribution is -0.146. The Morgan fingerprint density at radius 1 is 0.920 bits per heavy atom. The molecule has 0 saturated carbocycles. The van der Waals surface area contributed by atoms with Crippen LogP contribution < -0.4 is 0 Å². The number of hydrogen-bond donors (Lipinski definition) is 1. The normalized spacial score (nSPS) is 11.7. The predicted octanol–water partition coefficient (Wildman–Crippen LogP) is 5.68. The largest absolute Gasteiger partial charge is 0.481 e. The van der Waals surface area contributed by atoms with Crippen molar-refractivity contribution in [2.45, 2.75) is 45.4 Å². The third kappa shape index (κ3) is 5.90. The van der Waals surface area contributed by atoms with Crippen LogP contribution in [0.5, 0.6) is 0 Å². The monoisotopic (exact) mass is 336 g/mol. The molecule has 0 aliphatic rings. The van der Waals surface area contributed by atoms with Gasteiger partial charge >= 0.3 is 5.97 Å². The smallest absolute Gasteiger partial charge is 0.314 e. The van der Waals surface area contributed by atoms with Crippen LogP contribution in [0.25, 0.3) is 0 Å². The van der Waals surface area contributed by atoms with Crippen molar-refractivity contribution in [3.8, 4) is 0 Å². The molecule has 0 bridgehead atoms. The maximum Gasteiger partial charge on any atom is 0.314 e. The molecule has 0 saturated heterocycles. The van der Waals surface area contributed by atoms with Gasteiger partial charge in [-0.15, -0.1) is 0 Å². The molecule has 0 heterocycles. The van der Waals surface area contributed by atoms with Gasteiger partial charge in [-0.05, 0) is 36.8 Å². The van der Waals surface area contributed by atoms with Crippen molar-refractivity contribution in [1.29, 1.82) is 0 Å². The van der Waals surface area contributed by atoms with Crippen LogP contribution in [-0.2, 0) is 17.6 Å². The number of unbranched alkanes of at least 4 members (excludes halogenated alkanes) is 3. The molecule has 132 valence electrons. The van der Waals surface area contributed by atoms with E-state index in [1.165, 1.54) is 12.8 Å². The number of allylic oxidation sites excluding steroid dienone is 1. The molecule has 0 aliphatic carbocycles. The van der Waals surface area contributed by atoms with E-state index in [4.69, 9.17) is 0 Å². The van der Waals surface area contributed by atoms with Crippen molar-refractivity contribution in [2.75, 3.05) is 0 Å². The first kappa shape index (κ1) is 19.0. The Morgan fingerprint density at radius 2 is 1.44 bits per heavy atom. The average Bonchev–Trinajstić information content (AvgIpc) is 2.63. The Balaban J connectivity index is 2.27. The number of carboxylic acid groups (broad SMARTS) is 1. The van der Waals surface area contributed by atoms with Gasteiger partial charge in [-0.1, -0.05) is 92.6 Å². The molecule has 0 aromatic heterocycles. The second-order valence-electron chi connectivity index (χ2n) is 6.68. The van der Waals surface area contributed by atoms with E-state index in [0.717, 1.165) is 24.0 Å². The molecule has 0 atom stereocenters. The maximum atomic E-state index is 12.3. The van der Waals surface area contributed by atoms with Crippen LogP contribution in [0.15, 0.2) is 72.8 Å². The first-order valence-electron chi connectivity index (χ1n) is 9.15. The lowest BCUT2D eigenvalue weighted by Gasteiger charge is -2.27. The number of aliphatic carboxylic acids is 1. The van der Waals surface area contributed by atoms with Crippen LogP contribution in [0.2, 0.25) is 0 Å². The Morgan fingerprint density at radius 3 is 1.88 bits per heavy atom. The summed E-state index contributed by atoms with van der Waals surface area (Å²) in [5.41, 5.74) is 1.20. The SMILES string of the molecule is CCCCC/C=C\C(Cc1ccccc1)(Cc1ccccc1)C(=O)O. The topological polar surface area (TPSA) is 37.3 Å². The Bertz CT molecular complexity index is 618. The van der Waals surface area contributed by atoms with Gasteiger partial charge in [-0.3, -0.25) is 4.79 Å². The molecule has 2 aromatic carbocycles. The van der Waals surface area contributed by atoms with E-state index in [1.807, 2.05) is 66.7 Å². The van der Waals surface area contributed by atoms with Gasteiger partial charge in [0, 0.05) is 0 Å². The number of hydrogen-bond acceptors (Lipinski definition) is 1. The number of benzene rings is 2. The summed E-state index contributed by atoms with van der Waals surface area (Å²) in [5.74, 6) is -0.757. The molecule has 0 radical (unpaired) electrons. The molecule has 2 rings (SSSR count). The average molecular weight is 336 g/mol. The molecule has 0 spiro atoms. The Labute approximate surface area is 151 Å². The highest BCUT2D eigenvalue weighted by Gasteiger charge is 2.36. The van der Waals surface area contributed by atoms with Gasteiger partial charge in [0.05, 0.1) is 5.41 Å². The first-order valence-corrected chi connectivity index (χ1v) is 9.15. The maximum absolute atomic E-state index is 12.3. The van der Waals surface area contributed by atoms with Gasteiger partial charge in [-0.2, -0.15) is 0 Å². The van der Waals surface area contributed by atoms with Crippen molar-refractivity contribution >= 4 is 5.97 Å². The number of rotatable bonds is 10. The molecule has 0 fully saturated rings. The molecule has 0 amide bonds. The Hall–Kier alpha value is -2.35. The third-order valence-corrected chi connectivity index (χ3v) is 4.56. The third-order valence-electron chi connectivity index (χ3n) is 4.56. The summed E-state index contributed by atoms with van der Waals surface area (Å²) >= 11 is 0. The van der Waals surface area contributed by atoms with E-state index >= 15 is 0 Å². The number of carbonyl (C=O) groups is 1. The van der Waals surface area contributed by atoms with Crippen molar-refractivity contribution in [3.63, 3.8) is 0 Å². The lowest BCUT2D eigenvalue weighted by atomic mass is 9.76. The highest BCUT2D eigenvalue weighted by Crippen LogP contribution is 2.31. The summed E-state index contributed by atoms with van der Waals surface area (Å²) in [6, 6.07) is 19.8. The van der Waals surface area contributed by atoms with Gasteiger partial charge in [0.1, 0.15) is 0 Å². The highest BCUT2D eigenvalue weighted by molar-refractivity contribution is 5.78. The van der Waals surface area contributed by atoms with E-state index in [0.29, 0.717) is 12.8 Å². The zero-order chi connectivity index (χ0) is 18.0. The molecular weight excluding hydrogens is 308 g/mol. The fraction of sp³-hybridized carbons (Fsp3) is 0.348. The fourth-order valence-electron chi connectivity index (χ4n) is 3.14. The minimum Gasteiger partial charge on any atom is -0.481 e. The van der Waals surface area contributed by atoms with E-state index in [2.05, 4.69) is 13.0 Å². The van der Waals surface area contributed by atoms with Crippen molar-refractivity contribution < 1.29 is 9.90 Å². The second-order valence-corrected chi connectivity index (χ2v) is 6.68. The van der Waals surface area contributed by atoms with E-state index in [9.17, 15) is 9.90 Å². The summed E-state index contributed by atoms with van der Waals surface area (Å²) in [6.07, 6.45) is 9.41. The molecule has 0 aliphatic heterocycles. The summed E-state index contributed by atoms with van der Waals surface area (Å²) in [6.45, 7) is 2.18. The predicted molar refractivity (Wildman–Crippen MR) is 104 cm³/mol. The van der Waals surface area contributed by atoms with Crippen LogP contribution in [0.3, 0.4) is 0 Å². The molecule has 1 N–H and O–H groups in total. The van der Waals surface area contributed by atoms with Crippen LogP contribution >= 0.6 is 0 Å². The Kier molecular flexibility index (Phi) is 7.46. The standard InChI is InChI=1S/C23H28O2/c1-2-3-4-5-12-17-23(22(24)25,18-20-13-8-6-9-14-20)19-21-15-10-7-11-16-21/h6-17H,2-5,18-19H2,1H3,(H,24,25)/b17-12-. The molecule has 25 heavy (non-hydrogen) atoms. The van der Waals surface area contributed by atoms with Gasteiger partial charge < -0.3 is 5.11 Å². The second kappa shape index (κ2) is 9.83. The van der Waals surface area contributed by atoms with Crippen molar-refractivity contribution in [2.24, 2.45) is 5.41 Å². The van der Waals surface area contributed by atoms with E-state index in [-0.39, 0.29) is 0 Å². The van der Waals surface area contributed by atoms with Gasteiger partial charge in [0.25, 0.3) is 0 Å². The molecule has 2 aromatic rings. The van der Waals surface area contributed by atoms with Crippen molar-refractivity contribution in [3.05, 3.63) is 83.9 Å².